The molecule has 0 N–H and O–H groups in total. The van der Waals surface area contributed by atoms with Gasteiger partial charge in [-0.15, -0.1) is 11.3 Å². The highest BCUT2D eigenvalue weighted by Gasteiger charge is 2.59. The van der Waals surface area contributed by atoms with E-state index in [4.69, 9.17) is 9.72 Å². The molecule has 0 saturated heterocycles. The Balaban J connectivity index is 1.24. The van der Waals surface area contributed by atoms with Crippen LogP contribution < -0.4 is 0 Å². The second-order valence-corrected chi connectivity index (χ2v) is 12.7. The van der Waals surface area contributed by atoms with E-state index in [1.54, 1.807) is 12.5 Å². The van der Waals surface area contributed by atoms with Gasteiger partial charge in [-0.1, -0.05) is 55.8 Å². The Labute approximate surface area is 208 Å². The molecule has 0 radical (unpaired) electrons. The van der Waals surface area contributed by atoms with Crippen molar-refractivity contribution >= 4 is 17.3 Å². The summed E-state index contributed by atoms with van der Waals surface area (Å²) >= 11 is 1.88. The van der Waals surface area contributed by atoms with Gasteiger partial charge in [-0.2, -0.15) is 0 Å². The number of rotatable bonds is 3. The third-order valence-electron chi connectivity index (χ3n) is 10.3. The van der Waals surface area contributed by atoms with Gasteiger partial charge in [0, 0.05) is 30.2 Å². The zero-order valence-corrected chi connectivity index (χ0v) is 21.6. The molecule has 2 unspecified atom stereocenters. The van der Waals surface area contributed by atoms with E-state index >= 15 is 0 Å². The SMILES string of the molecule is CC(=O)O[C@H]1CC[C@@]2(C)C(=CC[C@@H]3C2CC[C@@]2(C)C3CC[C@@H]2c2nc(-c3ccccc3)cs2)C1. The molecule has 3 fully saturated rings. The summed E-state index contributed by atoms with van der Waals surface area (Å²) in [5, 5.41) is 3.63. The Hall–Kier alpha value is -1.94. The normalized spacial score (nSPS) is 38.9. The molecule has 4 aliphatic carbocycles. The summed E-state index contributed by atoms with van der Waals surface area (Å²) in [6.45, 7) is 6.67. The first-order chi connectivity index (χ1) is 16.4. The number of nitrogens with zero attached hydrogens (tertiary/aromatic N) is 1. The summed E-state index contributed by atoms with van der Waals surface area (Å²) in [7, 11) is 0. The Kier molecular flexibility index (Phi) is 5.51. The molecule has 0 amide bonds. The van der Waals surface area contributed by atoms with Gasteiger partial charge in [-0.05, 0) is 73.5 Å². The van der Waals surface area contributed by atoms with Crippen molar-refractivity contribution in [3.8, 4) is 11.3 Å². The smallest absolute Gasteiger partial charge is 0.302 e. The molecule has 7 atom stereocenters. The number of ether oxygens (including phenoxy) is 1. The van der Waals surface area contributed by atoms with Crippen LogP contribution in [0.4, 0.5) is 0 Å². The molecule has 2 aromatic rings. The van der Waals surface area contributed by atoms with Crippen LogP contribution in [0.5, 0.6) is 0 Å². The topological polar surface area (TPSA) is 39.2 Å². The Bertz CT molecular complexity index is 1110. The summed E-state index contributed by atoms with van der Waals surface area (Å²) in [6, 6.07) is 10.6. The highest BCUT2D eigenvalue weighted by molar-refractivity contribution is 7.10. The highest BCUT2D eigenvalue weighted by Crippen LogP contribution is 2.68. The van der Waals surface area contributed by atoms with Gasteiger partial charge < -0.3 is 4.74 Å². The van der Waals surface area contributed by atoms with Crippen molar-refractivity contribution in [3.63, 3.8) is 0 Å². The van der Waals surface area contributed by atoms with E-state index in [2.05, 4.69) is 55.6 Å². The van der Waals surface area contributed by atoms with Crippen molar-refractivity contribution in [1.29, 1.82) is 0 Å². The predicted molar refractivity (Wildman–Crippen MR) is 138 cm³/mol. The van der Waals surface area contributed by atoms with E-state index in [-0.39, 0.29) is 12.1 Å². The summed E-state index contributed by atoms with van der Waals surface area (Å²) in [4.78, 5) is 16.7. The van der Waals surface area contributed by atoms with E-state index in [1.807, 2.05) is 11.3 Å². The first-order valence-corrected chi connectivity index (χ1v) is 14.1. The zero-order chi connectivity index (χ0) is 23.5. The number of aromatic nitrogens is 1. The number of allylic oxidation sites excluding steroid dienone is 1. The van der Waals surface area contributed by atoms with Crippen LogP contribution in [0.25, 0.3) is 11.3 Å². The minimum Gasteiger partial charge on any atom is -0.462 e. The number of hydrogen-bond acceptors (Lipinski definition) is 4. The van der Waals surface area contributed by atoms with Gasteiger partial charge in [0.2, 0.25) is 0 Å². The third kappa shape index (κ3) is 3.51. The minimum atomic E-state index is -0.133. The van der Waals surface area contributed by atoms with Crippen LogP contribution >= 0.6 is 11.3 Å². The summed E-state index contributed by atoms with van der Waals surface area (Å²) in [5.41, 5.74) is 4.61. The van der Waals surface area contributed by atoms with Gasteiger partial charge in [0.15, 0.2) is 0 Å². The minimum absolute atomic E-state index is 0.0850. The van der Waals surface area contributed by atoms with Crippen LogP contribution in [0, 0.1) is 28.6 Å². The maximum Gasteiger partial charge on any atom is 0.302 e. The molecule has 3 saturated carbocycles. The maximum atomic E-state index is 11.5. The van der Waals surface area contributed by atoms with E-state index < -0.39 is 0 Å². The van der Waals surface area contributed by atoms with Crippen LogP contribution in [0.1, 0.15) is 83.1 Å². The number of carbonyl (C=O) groups is 1. The molecule has 0 spiro atoms. The summed E-state index contributed by atoms with van der Waals surface area (Å²) in [6.07, 6.45) is 12.3. The molecule has 34 heavy (non-hydrogen) atoms. The fraction of sp³-hybridized carbons (Fsp3) is 0.600. The number of fused-ring (bicyclic) bond motifs is 5. The van der Waals surface area contributed by atoms with Gasteiger partial charge in [-0.3, -0.25) is 4.79 Å². The standard InChI is InChI=1S/C30H37NO2S/c1-19(32)33-22-13-15-29(2)21(17-22)9-10-23-24-11-12-26(30(24,3)16-14-25(23)29)28-31-27(18-34-28)20-7-5-4-6-8-20/h4-9,18,22-26H,10-17H2,1-3H3/t22-,23-,24?,25?,26+,29-,30-/m0/s1. The molecule has 180 valence electrons. The number of esters is 1. The van der Waals surface area contributed by atoms with Crippen molar-refractivity contribution in [2.75, 3.05) is 0 Å². The van der Waals surface area contributed by atoms with Gasteiger partial charge in [0.05, 0.1) is 10.7 Å². The molecule has 0 aliphatic heterocycles. The zero-order valence-electron chi connectivity index (χ0n) is 20.8. The molecule has 4 heteroatoms. The average Bonchev–Trinajstić information content (AvgIpc) is 3.44. The molecule has 3 nitrogen and oxygen atoms in total. The molecular formula is C30H37NO2S. The molecule has 1 heterocycles. The Morgan fingerprint density at radius 3 is 2.68 bits per heavy atom. The van der Waals surface area contributed by atoms with Gasteiger partial charge in [0.25, 0.3) is 0 Å². The van der Waals surface area contributed by atoms with Crippen LogP contribution in [-0.2, 0) is 9.53 Å². The lowest BCUT2D eigenvalue weighted by Gasteiger charge is -2.58. The Morgan fingerprint density at radius 1 is 1.06 bits per heavy atom. The predicted octanol–water partition coefficient (Wildman–Crippen LogP) is 7.79. The van der Waals surface area contributed by atoms with Gasteiger partial charge in [0.1, 0.15) is 6.10 Å². The first-order valence-electron chi connectivity index (χ1n) is 13.3. The quantitative estimate of drug-likeness (QED) is 0.336. The maximum absolute atomic E-state index is 11.5. The lowest BCUT2D eigenvalue weighted by molar-refractivity contribution is -0.148. The number of hydrogen-bond donors (Lipinski definition) is 0. The van der Waals surface area contributed by atoms with Crippen molar-refractivity contribution in [1.82, 2.24) is 4.98 Å². The second-order valence-electron chi connectivity index (χ2n) is 11.8. The van der Waals surface area contributed by atoms with Gasteiger partial charge >= 0.3 is 5.97 Å². The monoisotopic (exact) mass is 475 g/mol. The summed E-state index contributed by atoms with van der Waals surface area (Å²) < 4.78 is 5.62. The molecule has 1 aromatic heterocycles. The van der Waals surface area contributed by atoms with E-state index in [0.717, 1.165) is 42.7 Å². The van der Waals surface area contributed by atoms with Crippen LogP contribution in [0.2, 0.25) is 0 Å². The molecule has 4 aliphatic rings. The highest BCUT2D eigenvalue weighted by atomic mass is 32.1. The Morgan fingerprint density at radius 2 is 1.88 bits per heavy atom. The molecule has 0 bridgehead atoms. The molecule has 6 rings (SSSR count). The third-order valence-corrected chi connectivity index (χ3v) is 11.2. The van der Waals surface area contributed by atoms with Crippen LogP contribution in [0.3, 0.4) is 0 Å². The second kappa shape index (κ2) is 8.33. The lowest BCUT2D eigenvalue weighted by Crippen LogP contribution is -2.50. The number of benzene rings is 1. The first kappa shape index (κ1) is 22.5. The number of thiazole rings is 1. The number of carbonyl (C=O) groups excluding carboxylic acids is 1. The van der Waals surface area contributed by atoms with Crippen molar-refractivity contribution in [3.05, 3.63) is 52.4 Å². The van der Waals surface area contributed by atoms with E-state index in [0.29, 0.717) is 16.7 Å². The fourth-order valence-corrected chi connectivity index (χ4v) is 9.68. The van der Waals surface area contributed by atoms with Crippen molar-refractivity contribution < 1.29 is 9.53 Å². The lowest BCUT2D eigenvalue weighted by atomic mass is 9.47. The van der Waals surface area contributed by atoms with Gasteiger partial charge in [-0.25, -0.2) is 4.98 Å². The van der Waals surface area contributed by atoms with Crippen molar-refractivity contribution in [2.45, 2.75) is 84.2 Å². The average molecular weight is 476 g/mol. The summed E-state index contributed by atoms with van der Waals surface area (Å²) in [5.74, 6) is 2.82. The van der Waals surface area contributed by atoms with E-state index in [9.17, 15) is 4.79 Å². The molecule has 1 aromatic carbocycles. The molecular weight excluding hydrogens is 438 g/mol. The van der Waals surface area contributed by atoms with Crippen LogP contribution in [0.15, 0.2) is 47.4 Å². The fourth-order valence-electron chi connectivity index (χ4n) is 8.56. The van der Waals surface area contributed by atoms with Crippen LogP contribution in [-0.4, -0.2) is 17.1 Å². The largest absolute Gasteiger partial charge is 0.462 e. The van der Waals surface area contributed by atoms with E-state index in [1.165, 1.54) is 42.7 Å². The van der Waals surface area contributed by atoms with Crippen molar-refractivity contribution in [2.24, 2.45) is 28.6 Å².